The van der Waals surface area contributed by atoms with E-state index in [2.05, 4.69) is 14.9 Å². The number of halogens is 1. The van der Waals surface area contributed by atoms with Gasteiger partial charge in [0.25, 0.3) is 0 Å². The Labute approximate surface area is 93.9 Å². The van der Waals surface area contributed by atoms with Crippen LogP contribution >= 0.6 is 11.6 Å². The normalized spacial score (nSPS) is 21.0. The van der Waals surface area contributed by atoms with Gasteiger partial charge in [-0.15, -0.1) is 0 Å². The molecule has 1 aliphatic heterocycles. The van der Waals surface area contributed by atoms with E-state index in [0.29, 0.717) is 5.15 Å². The summed E-state index contributed by atoms with van der Waals surface area (Å²) in [4.78, 5) is 10.3. The largest absolute Gasteiger partial charge is 0.394 e. The van der Waals surface area contributed by atoms with E-state index in [9.17, 15) is 5.11 Å². The first-order valence-corrected chi connectivity index (χ1v) is 5.46. The standard InChI is InChI=1S/C10H14ClN3O/c1-7-9(11)12-6-13-10(7)14-4-2-3-8(14)5-15/h6,8,15H,2-5H2,1H3. The molecule has 1 N–H and O–H groups in total. The van der Waals surface area contributed by atoms with E-state index in [1.165, 1.54) is 6.33 Å². The fourth-order valence-corrected chi connectivity index (χ4v) is 2.14. The second-order valence-corrected chi connectivity index (χ2v) is 4.14. The molecule has 4 nitrogen and oxygen atoms in total. The lowest BCUT2D eigenvalue weighted by atomic mass is 10.2. The van der Waals surface area contributed by atoms with E-state index < -0.39 is 0 Å². The van der Waals surface area contributed by atoms with E-state index in [0.717, 1.165) is 30.8 Å². The second-order valence-electron chi connectivity index (χ2n) is 3.79. The number of nitrogens with zero attached hydrogens (tertiary/aromatic N) is 3. The molecule has 0 saturated carbocycles. The summed E-state index contributed by atoms with van der Waals surface area (Å²) in [6.45, 7) is 3.00. The van der Waals surface area contributed by atoms with Crippen molar-refractivity contribution in [2.75, 3.05) is 18.1 Å². The maximum Gasteiger partial charge on any atom is 0.137 e. The maximum atomic E-state index is 9.24. The first-order chi connectivity index (χ1) is 7.24. The van der Waals surface area contributed by atoms with Gasteiger partial charge >= 0.3 is 0 Å². The molecule has 0 aromatic carbocycles. The zero-order valence-corrected chi connectivity index (χ0v) is 9.41. The van der Waals surface area contributed by atoms with Crippen LogP contribution in [0.2, 0.25) is 5.15 Å². The van der Waals surface area contributed by atoms with Crippen LogP contribution in [-0.2, 0) is 0 Å². The Balaban J connectivity index is 2.32. The molecule has 5 heteroatoms. The zero-order valence-electron chi connectivity index (χ0n) is 8.65. The Morgan fingerprint density at radius 3 is 3.13 bits per heavy atom. The number of anilines is 1. The van der Waals surface area contributed by atoms with Crippen molar-refractivity contribution < 1.29 is 5.11 Å². The Kier molecular flexibility index (Phi) is 3.07. The quantitative estimate of drug-likeness (QED) is 0.776. The average molecular weight is 228 g/mol. The molecule has 0 amide bonds. The summed E-state index contributed by atoms with van der Waals surface area (Å²) in [5.41, 5.74) is 0.888. The molecule has 1 aromatic heterocycles. The van der Waals surface area contributed by atoms with Crippen LogP contribution in [-0.4, -0.2) is 34.3 Å². The third kappa shape index (κ3) is 1.92. The van der Waals surface area contributed by atoms with E-state index in [1.807, 2.05) is 6.92 Å². The first-order valence-electron chi connectivity index (χ1n) is 5.08. The van der Waals surface area contributed by atoms with Crippen molar-refractivity contribution in [3.63, 3.8) is 0 Å². The molecule has 1 aromatic rings. The van der Waals surface area contributed by atoms with Crippen LogP contribution in [0.4, 0.5) is 5.82 Å². The lowest BCUT2D eigenvalue weighted by molar-refractivity contribution is 0.266. The van der Waals surface area contributed by atoms with Crippen LogP contribution in [0.3, 0.4) is 0 Å². The minimum absolute atomic E-state index is 0.168. The predicted molar refractivity (Wildman–Crippen MR) is 59.2 cm³/mol. The van der Waals surface area contributed by atoms with Crippen molar-refractivity contribution in [2.24, 2.45) is 0 Å². The Bertz CT molecular complexity index is 359. The Hall–Kier alpha value is -0.870. The van der Waals surface area contributed by atoms with E-state index in [4.69, 9.17) is 11.6 Å². The van der Waals surface area contributed by atoms with Crippen molar-refractivity contribution in [3.05, 3.63) is 17.0 Å². The molecule has 2 rings (SSSR count). The maximum absolute atomic E-state index is 9.24. The molecule has 1 fully saturated rings. The summed E-state index contributed by atoms with van der Waals surface area (Å²) in [5, 5.41) is 9.73. The highest BCUT2D eigenvalue weighted by atomic mass is 35.5. The van der Waals surface area contributed by atoms with Gasteiger partial charge in [0.2, 0.25) is 0 Å². The number of aliphatic hydroxyl groups is 1. The van der Waals surface area contributed by atoms with E-state index >= 15 is 0 Å². The highest BCUT2D eigenvalue weighted by Crippen LogP contribution is 2.28. The highest BCUT2D eigenvalue weighted by Gasteiger charge is 2.26. The zero-order chi connectivity index (χ0) is 10.8. The van der Waals surface area contributed by atoms with Crippen molar-refractivity contribution in [1.29, 1.82) is 0 Å². The van der Waals surface area contributed by atoms with Crippen molar-refractivity contribution in [2.45, 2.75) is 25.8 Å². The Morgan fingerprint density at radius 1 is 1.60 bits per heavy atom. The highest BCUT2D eigenvalue weighted by molar-refractivity contribution is 6.30. The fraction of sp³-hybridized carbons (Fsp3) is 0.600. The summed E-state index contributed by atoms with van der Waals surface area (Å²) in [7, 11) is 0. The number of rotatable bonds is 2. The van der Waals surface area contributed by atoms with Crippen LogP contribution in [0.5, 0.6) is 0 Å². The lowest BCUT2D eigenvalue weighted by Gasteiger charge is -2.25. The fourth-order valence-electron chi connectivity index (χ4n) is 2.01. The van der Waals surface area contributed by atoms with Crippen molar-refractivity contribution in [3.8, 4) is 0 Å². The average Bonchev–Trinajstić information content (AvgIpc) is 2.70. The van der Waals surface area contributed by atoms with Gasteiger partial charge in [-0.1, -0.05) is 11.6 Å². The number of hydrogen-bond donors (Lipinski definition) is 1. The molecule has 0 radical (unpaired) electrons. The molecule has 2 heterocycles. The number of hydrogen-bond acceptors (Lipinski definition) is 4. The smallest absolute Gasteiger partial charge is 0.137 e. The summed E-state index contributed by atoms with van der Waals surface area (Å²) < 4.78 is 0. The minimum Gasteiger partial charge on any atom is -0.394 e. The van der Waals surface area contributed by atoms with Crippen LogP contribution < -0.4 is 4.90 Å². The second kappa shape index (κ2) is 4.33. The van der Waals surface area contributed by atoms with Gasteiger partial charge in [-0.2, -0.15) is 0 Å². The topological polar surface area (TPSA) is 49.2 Å². The first kappa shape index (κ1) is 10.6. The van der Waals surface area contributed by atoms with Gasteiger partial charge in [-0.25, -0.2) is 9.97 Å². The van der Waals surface area contributed by atoms with Gasteiger partial charge in [0.1, 0.15) is 17.3 Å². The minimum atomic E-state index is 0.168. The van der Waals surface area contributed by atoms with E-state index in [1.54, 1.807) is 0 Å². The molecule has 15 heavy (non-hydrogen) atoms. The molecular weight excluding hydrogens is 214 g/mol. The summed E-state index contributed by atoms with van der Waals surface area (Å²) in [6, 6.07) is 0.176. The monoisotopic (exact) mass is 227 g/mol. The molecule has 0 spiro atoms. The van der Waals surface area contributed by atoms with Gasteiger partial charge in [-0.3, -0.25) is 0 Å². The van der Waals surface area contributed by atoms with Gasteiger partial charge in [0, 0.05) is 12.1 Å². The van der Waals surface area contributed by atoms with Crippen LogP contribution in [0.15, 0.2) is 6.33 Å². The molecule has 1 saturated heterocycles. The molecular formula is C10H14ClN3O. The van der Waals surface area contributed by atoms with Crippen molar-refractivity contribution in [1.82, 2.24) is 9.97 Å². The summed E-state index contributed by atoms with van der Waals surface area (Å²) >= 11 is 5.94. The summed E-state index contributed by atoms with van der Waals surface area (Å²) in [5.74, 6) is 0.853. The SMILES string of the molecule is Cc1c(Cl)ncnc1N1CCCC1CO. The third-order valence-corrected chi connectivity index (χ3v) is 3.24. The number of aromatic nitrogens is 2. The third-order valence-electron chi connectivity index (χ3n) is 2.86. The molecule has 1 unspecified atom stereocenters. The molecule has 1 aliphatic rings. The van der Waals surface area contributed by atoms with Gasteiger partial charge in [-0.05, 0) is 19.8 Å². The molecule has 82 valence electrons. The van der Waals surface area contributed by atoms with Crippen molar-refractivity contribution >= 4 is 17.4 Å². The van der Waals surface area contributed by atoms with Gasteiger partial charge in [0.05, 0.1) is 12.6 Å². The molecule has 0 aliphatic carbocycles. The molecule has 0 bridgehead atoms. The van der Waals surface area contributed by atoms with Gasteiger partial charge < -0.3 is 10.0 Å². The lowest BCUT2D eigenvalue weighted by Crippen LogP contribution is -2.33. The number of aliphatic hydroxyl groups excluding tert-OH is 1. The van der Waals surface area contributed by atoms with E-state index in [-0.39, 0.29) is 12.6 Å². The molecule has 1 atom stereocenters. The van der Waals surface area contributed by atoms with Crippen LogP contribution in [0.1, 0.15) is 18.4 Å². The van der Waals surface area contributed by atoms with Crippen LogP contribution in [0.25, 0.3) is 0 Å². The summed E-state index contributed by atoms with van der Waals surface area (Å²) in [6.07, 6.45) is 3.57. The Morgan fingerprint density at radius 2 is 2.40 bits per heavy atom. The van der Waals surface area contributed by atoms with Gasteiger partial charge in [0.15, 0.2) is 0 Å². The predicted octanol–water partition coefficient (Wildman–Crippen LogP) is 1.40. The van der Waals surface area contributed by atoms with Crippen LogP contribution in [0, 0.1) is 6.92 Å².